The second-order valence-electron chi connectivity index (χ2n) is 4.65. The van der Waals surface area contributed by atoms with Crippen molar-refractivity contribution in [1.82, 2.24) is 9.78 Å². The molecule has 0 bridgehead atoms. The van der Waals surface area contributed by atoms with Crippen LogP contribution in [0.2, 0.25) is 0 Å². The Morgan fingerprint density at radius 1 is 1.14 bits per heavy atom. The van der Waals surface area contributed by atoms with Crippen molar-refractivity contribution in [2.45, 2.75) is 6.54 Å². The average Bonchev–Trinajstić information content (AvgIpc) is 2.90. The number of rotatable bonds is 3. The van der Waals surface area contributed by atoms with Crippen LogP contribution in [0.3, 0.4) is 0 Å². The lowest BCUT2D eigenvalue weighted by Gasteiger charge is -1.99. The largest absolute Gasteiger partial charge is 0.437 e. The lowest BCUT2D eigenvalue weighted by Crippen LogP contribution is -2.16. The van der Waals surface area contributed by atoms with Gasteiger partial charge in [0.15, 0.2) is 0 Å². The molecular formula is C16H10FN3O2. The van der Waals surface area contributed by atoms with Crippen molar-refractivity contribution >= 4 is 0 Å². The predicted molar refractivity (Wildman–Crippen MR) is 76.4 cm³/mol. The number of nitrogens with zero attached hydrogens (tertiary/aromatic N) is 3. The number of hydrogen-bond acceptors (Lipinski definition) is 4. The van der Waals surface area contributed by atoms with Crippen LogP contribution in [-0.4, -0.2) is 9.78 Å². The van der Waals surface area contributed by atoms with E-state index in [0.29, 0.717) is 11.1 Å². The van der Waals surface area contributed by atoms with Gasteiger partial charge in [0.25, 0.3) is 0 Å². The molecule has 0 N–H and O–H groups in total. The molecular weight excluding hydrogens is 285 g/mol. The molecule has 0 aliphatic rings. The first-order chi connectivity index (χ1) is 10.7. The smallest absolute Gasteiger partial charge is 0.388 e. The van der Waals surface area contributed by atoms with Crippen LogP contribution in [0.25, 0.3) is 11.5 Å². The first kappa shape index (κ1) is 13.8. The zero-order valence-corrected chi connectivity index (χ0v) is 11.4. The Kier molecular flexibility index (Phi) is 3.54. The molecule has 6 heteroatoms. The molecule has 2 aromatic carbocycles. The standard InChI is InChI=1S/C16H10FN3O2/c17-14-7-5-13(6-8-14)15-19-20(16(21)22-15)10-12-3-1-11(9-18)2-4-12/h1-8H,10H2. The van der Waals surface area contributed by atoms with Crippen LogP contribution >= 0.6 is 0 Å². The van der Waals surface area contributed by atoms with Crippen LogP contribution in [0.4, 0.5) is 4.39 Å². The maximum atomic E-state index is 12.9. The van der Waals surface area contributed by atoms with E-state index in [1.165, 1.54) is 28.9 Å². The normalized spacial score (nSPS) is 10.4. The summed E-state index contributed by atoms with van der Waals surface area (Å²) >= 11 is 0. The summed E-state index contributed by atoms with van der Waals surface area (Å²) in [6, 6.07) is 14.4. The van der Waals surface area contributed by atoms with Crippen molar-refractivity contribution in [3.8, 4) is 17.5 Å². The fourth-order valence-corrected chi connectivity index (χ4v) is 1.97. The highest BCUT2D eigenvalue weighted by Gasteiger charge is 2.10. The molecule has 3 rings (SSSR count). The zero-order valence-electron chi connectivity index (χ0n) is 11.4. The van der Waals surface area contributed by atoms with Crippen molar-refractivity contribution < 1.29 is 8.81 Å². The fourth-order valence-electron chi connectivity index (χ4n) is 1.97. The Labute approximate surface area is 124 Å². The van der Waals surface area contributed by atoms with Crippen LogP contribution < -0.4 is 5.76 Å². The molecule has 0 saturated carbocycles. The maximum Gasteiger partial charge on any atom is 0.437 e. The van der Waals surface area contributed by atoms with Gasteiger partial charge in [-0.1, -0.05) is 12.1 Å². The summed E-state index contributed by atoms with van der Waals surface area (Å²) in [5.74, 6) is -0.828. The van der Waals surface area contributed by atoms with E-state index >= 15 is 0 Å². The minimum atomic E-state index is -0.594. The fraction of sp³-hybridized carbons (Fsp3) is 0.0625. The van der Waals surface area contributed by atoms with E-state index in [4.69, 9.17) is 9.68 Å². The van der Waals surface area contributed by atoms with Gasteiger partial charge in [0, 0.05) is 5.56 Å². The lowest BCUT2D eigenvalue weighted by molar-refractivity contribution is 0.495. The number of aromatic nitrogens is 2. The third kappa shape index (κ3) is 2.79. The summed E-state index contributed by atoms with van der Waals surface area (Å²) in [7, 11) is 0. The second kappa shape index (κ2) is 5.66. The van der Waals surface area contributed by atoms with E-state index in [1.54, 1.807) is 24.3 Å². The number of benzene rings is 2. The quantitative estimate of drug-likeness (QED) is 0.744. The maximum absolute atomic E-state index is 12.9. The van der Waals surface area contributed by atoms with Crippen LogP contribution in [0, 0.1) is 17.1 Å². The van der Waals surface area contributed by atoms with Gasteiger partial charge in [0.05, 0.1) is 18.2 Å². The van der Waals surface area contributed by atoms with E-state index in [-0.39, 0.29) is 18.3 Å². The molecule has 0 radical (unpaired) electrons. The Morgan fingerprint density at radius 3 is 2.45 bits per heavy atom. The summed E-state index contributed by atoms with van der Waals surface area (Å²) in [6.45, 7) is 0.231. The molecule has 0 unspecified atom stereocenters. The van der Waals surface area contributed by atoms with Gasteiger partial charge in [-0.15, -0.1) is 5.10 Å². The first-order valence-corrected chi connectivity index (χ1v) is 6.48. The highest BCUT2D eigenvalue weighted by atomic mass is 19.1. The molecule has 0 aliphatic heterocycles. The van der Waals surface area contributed by atoms with Crippen molar-refractivity contribution in [3.63, 3.8) is 0 Å². The van der Waals surface area contributed by atoms with Crippen molar-refractivity contribution in [1.29, 1.82) is 5.26 Å². The lowest BCUT2D eigenvalue weighted by atomic mass is 10.1. The van der Waals surface area contributed by atoms with Gasteiger partial charge >= 0.3 is 5.76 Å². The molecule has 0 amide bonds. The van der Waals surface area contributed by atoms with Gasteiger partial charge in [0.1, 0.15) is 5.82 Å². The minimum Gasteiger partial charge on any atom is -0.388 e. The van der Waals surface area contributed by atoms with E-state index in [0.717, 1.165) is 5.56 Å². The highest BCUT2D eigenvalue weighted by molar-refractivity contribution is 5.51. The number of nitriles is 1. The van der Waals surface area contributed by atoms with Crippen LogP contribution in [-0.2, 0) is 6.54 Å². The minimum absolute atomic E-state index is 0.138. The van der Waals surface area contributed by atoms with Gasteiger partial charge in [-0.3, -0.25) is 0 Å². The Bertz CT molecular complexity index is 887. The van der Waals surface area contributed by atoms with Gasteiger partial charge in [-0.05, 0) is 42.0 Å². The van der Waals surface area contributed by atoms with Crippen molar-refractivity contribution in [2.24, 2.45) is 0 Å². The molecule has 22 heavy (non-hydrogen) atoms. The summed E-state index contributed by atoms with van der Waals surface area (Å²) in [6.07, 6.45) is 0. The SMILES string of the molecule is N#Cc1ccc(Cn2nc(-c3ccc(F)cc3)oc2=O)cc1. The van der Waals surface area contributed by atoms with Crippen LogP contribution in [0.1, 0.15) is 11.1 Å². The third-order valence-corrected chi connectivity index (χ3v) is 3.11. The summed E-state index contributed by atoms with van der Waals surface area (Å²) < 4.78 is 19.2. The molecule has 0 fully saturated rings. The van der Waals surface area contributed by atoms with Crippen LogP contribution in [0.15, 0.2) is 57.7 Å². The summed E-state index contributed by atoms with van der Waals surface area (Å²) in [5, 5.41) is 12.8. The molecule has 0 saturated heterocycles. The van der Waals surface area contributed by atoms with Crippen molar-refractivity contribution in [2.75, 3.05) is 0 Å². The molecule has 3 aromatic rings. The van der Waals surface area contributed by atoms with Gasteiger partial charge in [-0.25, -0.2) is 9.18 Å². The molecule has 1 heterocycles. The third-order valence-electron chi connectivity index (χ3n) is 3.11. The Hall–Kier alpha value is -3.20. The predicted octanol–water partition coefficient (Wildman–Crippen LogP) is 2.56. The van der Waals surface area contributed by atoms with Gasteiger partial charge in [-0.2, -0.15) is 9.94 Å². The highest BCUT2D eigenvalue weighted by Crippen LogP contribution is 2.16. The molecule has 0 atom stereocenters. The van der Waals surface area contributed by atoms with E-state index in [1.807, 2.05) is 6.07 Å². The van der Waals surface area contributed by atoms with Crippen molar-refractivity contribution in [3.05, 3.63) is 76.0 Å². The monoisotopic (exact) mass is 295 g/mol. The molecule has 0 aliphatic carbocycles. The Morgan fingerprint density at radius 2 is 1.82 bits per heavy atom. The molecule has 1 aromatic heterocycles. The second-order valence-corrected chi connectivity index (χ2v) is 4.65. The van der Waals surface area contributed by atoms with E-state index < -0.39 is 5.76 Å². The van der Waals surface area contributed by atoms with E-state index in [9.17, 15) is 9.18 Å². The average molecular weight is 295 g/mol. The molecule has 5 nitrogen and oxygen atoms in total. The topological polar surface area (TPSA) is 71.8 Å². The number of hydrogen-bond donors (Lipinski definition) is 0. The molecule has 0 spiro atoms. The van der Waals surface area contributed by atoms with Gasteiger partial charge < -0.3 is 4.42 Å². The summed E-state index contributed by atoms with van der Waals surface area (Å²) in [5.41, 5.74) is 1.89. The molecule has 108 valence electrons. The van der Waals surface area contributed by atoms with E-state index in [2.05, 4.69) is 5.10 Å². The summed E-state index contributed by atoms with van der Waals surface area (Å²) in [4.78, 5) is 11.8. The Balaban J connectivity index is 1.87. The zero-order chi connectivity index (χ0) is 15.5. The van der Waals surface area contributed by atoms with Crippen LogP contribution in [0.5, 0.6) is 0 Å². The number of halogens is 1. The first-order valence-electron chi connectivity index (χ1n) is 6.48. The van der Waals surface area contributed by atoms with Gasteiger partial charge in [0.2, 0.25) is 5.89 Å².